The number of hydrogen-bond acceptors (Lipinski definition) is 4. The van der Waals surface area contributed by atoms with E-state index in [1.54, 1.807) is 43.5 Å². The minimum absolute atomic E-state index is 0.193. The van der Waals surface area contributed by atoms with Crippen LogP contribution in [0.3, 0.4) is 0 Å². The van der Waals surface area contributed by atoms with Crippen molar-refractivity contribution < 1.29 is 13.9 Å². The van der Waals surface area contributed by atoms with Crippen LogP contribution in [-0.4, -0.2) is 27.9 Å². The van der Waals surface area contributed by atoms with Gasteiger partial charge in [0.05, 0.1) is 13.7 Å². The molecule has 0 atom stereocenters. The number of rotatable bonds is 5. The molecule has 7 nitrogen and oxygen atoms in total. The zero-order valence-electron chi connectivity index (χ0n) is 16.8. The maximum atomic E-state index is 13.9. The van der Waals surface area contributed by atoms with E-state index in [2.05, 4.69) is 20.1 Å². The Bertz CT molecular complexity index is 1020. The number of halogens is 1. The Kier molecular flexibility index (Phi) is 5.92. The van der Waals surface area contributed by atoms with Crippen molar-refractivity contribution in [3.63, 3.8) is 0 Å². The molecule has 1 aliphatic rings. The highest BCUT2D eigenvalue weighted by Gasteiger charge is 2.22. The quantitative estimate of drug-likeness (QED) is 0.678. The van der Waals surface area contributed by atoms with Gasteiger partial charge in [0, 0.05) is 24.3 Å². The number of fused-ring (bicyclic) bond motifs is 1. The maximum Gasteiger partial charge on any atom is 0.326 e. The van der Waals surface area contributed by atoms with E-state index in [4.69, 9.17) is 4.74 Å². The Labute approximate surface area is 174 Å². The fourth-order valence-electron chi connectivity index (χ4n) is 3.59. The first-order chi connectivity index (χ1) is 14.6. The fourth-order valence-corrected chi connectivity index (χ4v) is 3.59. The van der Waals surface area contributed by atoms with Crippen LogP contribution in [0.4, 0.5) is 20.6 Å². The lowest BCUT2D eigenvalue weighted by molar-refractivity contribution is 0.256. The van der Waals surface area contributed by atoms with Crippen molar-refractivity contribution in [2.45, 2.75) is 38.8 Å². The molecule has 1 aromatic heterocycles. The number of anilines is 2. The Morgan fingerprint density at radius 2 is 2.00 bits per heavy atom. The van der Waals surface area contributed by atoms with Gasteiger partial charge in [0.2, 0.25) is 0 Å². The third kappa shape index (κ3) is 4.42. The van der Waals surface area contributed by atoms with Crippen LogP contribution in [0.15, 0.2) is 48.5 Å². The molecule has 4 rings (SSSR count). The number of nitrogens with one attached hydrogen (secondary N) is 1. The molecule has 30 heavy (non-hydrogen) atoms. The van der Waals surface area contributed by atoms with Crippen LogP contribution in [0.1, 0.15) is 30.9 Å². The summed E-state index contributed by atoms with van der Waals surface area (Å²) in [5.41, 5.74) is 1.06. The van der Waals surface area contributed by atoms with Crippen molar-refractivity contribution in [1.82, 2.24) is 14.8 Å². The van der Waals surface area contributed by atoms with E-state index in [0.717, 1.165) is 38.1 Å². The third-order valence-corrected chi connectivity index (χ3v) is 5.19. The summed E-state index contributed by atoms with van der Waals surface area (Å²) in [5.74, 6) is 1.93. The standard InChI is InChI=1S/C22H24FN5O2/c1-30-19-11-9-17(10-12-19)24-22(29)28(18-7-5-6-16(23)14-18)15-21-26-25-20-8-3-2-4-13-27(20)21/h5-7,9-12,14H,2-4,8,13,15H2,1H3,(H,24,29). The first kappa shape index (κ1) is 19.9. The Hall–Kier alpha value is -3.42. The van der Waals surface area contributed by atoms with Crippen LogP contribution in [0.5, 0.6) is 5.75 Å². The van der Waals surface area contributed by atoms with E-state index in [1.165, 1.54) is 17.0 Å². The van der Waals surface area contributed by atoms with Gasteiger partial charge < -0.3 is 14.6 Å². The zero-order valence-corrected chi connectivity index (χ0v) is 16.8. The van der Waals surface area contributed by atoms with E-state index >= 15 is 0 Å². The second kappa shape index (κ2) is 8.94. The van der Waals surface area contributed by atoms with Gasteiger partial charge in [-0.1, -0.05) is 12.5 Å². The summed E-state index contributed by atoms with van der Waals surface area (Å²) in [6.07, 6.45) is 4.17. The van der Waals surface area contributed by atoms with Crippen LogP contribution in [0, 0.1) is 5.82 Å². The van der Waals surface area contributed by atoms with Gasteiger partial charge in [0.25, 0.3) is 0 Å². The van der Waals surface area contributed by atoms with E-state index in [0.29, 0.717) is 22.9 Å². The van der Waals surface area contributed by atoms with Crippen LogP contribution in [0.2, 0.25) is 0 Å². The highest BCUT2D eigenvalue weighted by Crippen LogP contribution is 2.22. The fraction of sp³-hybridized carbons (Fsp3) is 0.318. The predicted molar refractivity (Wildman–Crippen MR) is 112 cm³/mol. The van der Waals surface area contributed by atoms with Gasteiger partial charge in [-0.05, 0) is 55.3 Å². The number of carbonyl (C=O) groups is 1. The molecule has 3 aromatic rings. The number of nitrogens with zero attached hydrogens (tertiary/aromatic N) is 4. The van der Waals surface area contributed by atoms with E-state index in [9.17, 15) is 9.18 Å². The van der Waals surface area contributed by atoms with Crippen molar-refractivity contribution in [1.29, 1.82) is 0 Å². The average Bonchev–Trinajstić information content (AvgIpc) is 2.98. The number of methoxy groups -OCH3 is 1. The summed E-state index contributed by atoms with van der Waals surface area (Å²) in [5, 5.41) is 11.5. The molecule has 2 aromatic carbocycles. The molecule has 0 bridgehead atoms. The molecule has 1 N–H and O–H groups in total. The summed E-state index contributed by atoms with van der Waals surface area (Å²) >= 11 is 0. The minimum atomic E-state index is -0.408. The smallest absolute Gasteiger partial charge is 0.326 e. The highest BCUT2D eigenvalue weighted by atomic mass is 19.1. The maximum absolute atomic E-state index is 13.9. The molecule has 0 spiro atoms. The Balaban J connectivity index is 1.61. The largest absolute Gasteiger partial charge is 0.497 e. The van der Waals surface area contributed by atoms with E-state index in [1.807, 2.05) is 0 Å². The van der Waals surface area contributed by atoms with Crippen molar-refractivity contribution >= 4 is 17.4 Å². The third-order valence-electron chi connectivity index (χ3n) is 5.19. The van der Waals surface area contributed by atoms with Crippen molar-refractivity contribution in [3.8, 4) is 5.75 Å². The molecule has 0 fully saturated rings. The Morgan fingerprint density at radius 1 is 1.17 bits per heavy atom. The first-order valence-electron chi connectivity index (χ1n) is 10.0. The molecule has 1 aliphatic heterocycles. The van der Waals surface area contributed by atoms with E-state index < -0.39 is 5.82 Å². The zero-order chi connectivity index (χ0) is 20.9. The summed E-state index contributed by atoms with van der Waals surface area (Å²) < 4.78 is 21.1. The normalized spacial score (nSPS) is 13.3. The van der Waals surface area contributed by atoms with Crippen molar-refractivity contribution in [2.24, 2.45) is 0 Å². The number of urea groups is 1. The summed E-state index contributed by atoms with van der Waals surface area (Å²) in [6, 6.07) is 12.6. The lowest BCUT2D eigenvalue weighted by atomic mass is 10.2. The molecule has 0 saturated carbocycles. The van der Waals surface area contributed by atoms with Gasteiger partial charge >= 0.3 is 6.03 Å². The summed E-state index contributed by atoms with van der Waals surface area (Å²) in [7, 11) is 1.58. The molecule has 0 aliphatic carbocycles. The van der Waals surface area contributed by atoms with Crippen molar-refractivity contribution in [3.05, 3.63) is 66.0 Å². The monoisotopic (exact) mass is 409 g/mol. The minimum Gasteiger partial charge on any atom is -0.497 e. The number of ether oxygens (including phenoxy) is 1. The average molecular weight is 409 g/mol. The van der Waals surface area contributed by atoms with Crippen LogP contribution in [-0.2, 0) is 19.5 Å². The molecular weight excluding hydrogens is 385 g/mol. The van der Waals surface area contributed by atoms with Gasteiger partial charge in [-0.15, -0.1) is 10.2 Å². The molecule has 8 heteroatoms. The Morgan fingerprint density at radius 3 is 2.77 bits per heavy atom. The SMILES string of the molecule is COc1ccc(NC(=O)N(Cc2nnc3n2CCCCC3)c2cccc(F)c2)cc1. The highest BCUT2D eigenvalue weighted by molar-refractivity contribution is 6.01. The number of benzene rings is 2. The molecule has 0 radical (unpaired) electrons. The lowest BCUT2D eigenvalue weighted by Gasteiger charge is -2.23. The van der Waals surface area contributed by atoms with Gasteiger partial charge in [-0.25, -0.2) is 9.18 Å². The van der Waals surface area contributed by atoms with Crippen molar-refractivity contribution in [2.75, 3.05) is 17.3 Å². The number of aryl methyl sites for hydroxylation is 1. The predicted octanol–water partition coefficient (Wildman–Crippen LogP) is 4.39. The number of carbonyl (C=O) groups excluding carboxylic acids is 1. The number of aromatic nitrogens is 3. The van der Waals surface area contributed by atoms with Crippen LogP contribution >= 0.6 is 0 Å². The summed E-state index contributed by atoms with van der Waals surface area (Å²) in [6.45, 7) is 1.02. The van der Waals surface area contributed by atoms with Gasteiger partial charge in [0.1, 0.15) is 17.4 Å². The topological polar surface area (TPSA) is 72.3 Å². The molecule has 2 amide bonds. The first-order valence-corrected chi connectivity index (χ1v) is 10.0. The van der Waals surface area contributed by atoms with Crippen LogP contribution < -0.4 is 15.0 Å². The van der Waals surface area contributed by atoms with Crippen LogP contribution in [0.25, 0.3) is 0 Å². The second-order valence-corrected chi connectivity index (χ2v) is 7.22. The molecular formula is C22H24FN5O2. The number of amides is 2. The molecule has 0 saturated heterocycles. The van der Waals surface area contributed by atoms with E-state index in [-0.39, 0.29) is 12.6 Å². The number of hydrogen-bond donors (Lipinski definition) is 1. The van der Waals surface area contributed by atoms with Gasteiger partial charge in [-0.2, -0.15) is 0 Å². The second-order valence-electron chi connectivity index (χ2n) is 7.22. The molecule has 156 valence electrons. The lowest BCUT2D eigenvalue weighted by Crippen LogP contribution is -2.35. The molecule has 2 heterocycles. The van der Waals surface area contributed by atoms with Gasteiger partial charge in [-0.3, -0.25) is 4.90 Å². The van der Waals surface area contributed by atoms with Gasteiger partial charge in [0.15, 0.2) is 5.82 Å². The molecule has 0 unspecified atom stereocenters. The summed E-state index contributed by atoms with van der Waals surface area (Å²) in [4.78, 5) is 14.6.